The fourth-order valence-electron chi connectivity index (χ4n) is 3.46. The highest BCUT2D eigenvalue weighted by molar-refractivity contribution is 7.84. The molecule has 1 aliphatic rings. The van der Waals surface area contributed by atoms with Gasteiger partial charge in [0, 0.05) is 29.6 Å². The number of hydrogen-bond acceptors (Lipinski definition) is 12. The quantitative estimate of drug-likeness (QED) is 0.0828. The number of β-lactam (4-membered cyclic amide) rings is 1. The van der Waals surface area contributed by atoms with Gasteiger partial charge in [0.15, 0.2) is 23.2 Å². The van der Waals surface area contributed by atoms with Crippen LogP contribution < -0.4 is 16.2 Å². The van der Waals surface area contributed by atoms with Crippen LogP contribution in [0.5, 0.6) is 5.75 Å². The molecule has 37 heavy (non-hydrogen) atoms. The molecule has 2 heterocycles. The van der Waals surface area contributed by atoms with Gasteiger partial charge in [0.2, 0.25) is 11.7 Å². The Morgan fingerprint density at radius 3 is 2.49 bits per heavy atom. The molecule has 1 aliphatic heterocycles. The van der Waals surface area contributed by atoms with Crippen LogP contribution in [0.3, 0.4) is 0 Å². The van der Waals surface area contributed by atoms with Crippen molar-refractivity contribution in [2.75, 3.05) is 18.9 Å². The second-order valence-electron chi connectivity index (χ2n) is 8.30. The number of hydrogen-bond donors (Lipinski definition) is 3. The van der Waals surface area contributed by atoms with Crippen molar-refractivity contribution >= 4 is 50.2 Å². The van der Waals surface area contributed by atoms with Gasteiger partial charge in [0.05, 0.1) is 12.0 Å². The lowest BCUT2D eigenvalue weighted by Gasteiger charge is -2.41. The smallest absolute Gasteiger partial charge is 0.362 e. The van der Waals surface area contributed by atoms with E-state index in [-0.39, 0.29) is 42.3 Å². The van der Waals surface area contributed by atoms with Crippen LogP contribution in [0.4, 0.5) is 5.13 Å². The highest BCUT2D eigenvalue weighted by Crippen LogP contribution is 2.32. The summed E-state index contributed by atoms with van der Waals surface area (Å²) in [5.41, 5.74) is 12.0. The van der Waals surface area contributed by atoms with Gasteiger partial charge >= 0.3 is 10.3 Å². The van der Waals surface area contributed by atoms with Crippen LogP contribution in [0.25, 0.3) is 0 Å². The molecule has 2 aromatic rings. The number of oxime groups is 1. The van der Waals surface area contributed by atoms with Crippen LogP contribution in [0.2, 0.25) is 0 Å². The number of ketones is 1. The normalized spacial score (nSPS) is 18.6. The van der Waals surface area contributed by atoms with E-state index in [1.165, 1.54) is 6.92 Å². The summed E-state index contributed by atoms with van der Waals surface area (Å²) in [6.45, 7) is 5.30. The summed E-state index contributed by atoms with van der Waals surface area (Å²) in [5, 5.41) is 3.91. The molecule has 1 aromatic heterocycles. The first-order valence-electron chi connectivity index (χ1n) is 11.1. The maximum atomic E-state index is 12.9. The zero-order valence-electron chi connectivity index (χ0n) is 20.3. The predicted molar refractivity (Wildman–Crippen MR) is 136 cm³/mol. The summed E-state index contributed by atoms with van der Waals surface area (Å²) < 4.78 is 41.6. The van der Waals surface area contributed by atoms with Crippen molar-refractivity contribution in [1.82, 2.24) is 13.7 Å². The predicted octanol–water partition coefficient (Wildman–Crippen LogP) is 0.643. The summed E-state index contributed by atoms with van der Waals surface area (Å²) >= 11 is 0.839. The molecule has 0 aliphatic carbocycles. The van der Waals surface area contributed by atoms with Crippen molar-refractivity contribution in [3.63, 3.8) is 0 Å². The van der Waals surface area contributed by atoms with Crippen molar-refractivity contribution in [3.05, 3.63) is 35.7 Å². The number of nitrogens with two attached hydrogens (primary N) is 2. The van der Waals surface area contributed by atoms with Crippen LogP contribution in [0, 0.1) is 5.92 Å². The number of benzene rings is 1. The zero-order chi connectivity index (χ0) is 27.3. The molecule has 5 N–H and O–H groups in total. The van der Waals surface area contributed by atoms with Crippen molar-refractivity contribution in [1.29, 1.82) is 0 Å². The number of anilines is 1. The molecule has 1 amide bonds. The summed E-state index contributed by atoms with van der Waals surface area (Å²) in [5.74, 6) is -1.63. The molecule has 0 bridgehead atoms. The van der Waals surface area contributed by atoms with Gasteiger partial charge in [-0.3, -0.25) is 19.1 Å². The number of amides is 1. The molecular weight excluding hydrogens is 526 g/mol. The Balaban J connectivity index is 1.59. The lowest BCUT2D eigenvalue weighted by molar-refractivity contribution is -0.147. The topological polar surface area (TPSA) is 213 Å². The third-order valence-electron chi connectivity index (χ3n) is 5.20. The molecular formula is C21H27N7O7S2. The average molecular weight is 554 g/mol. The van der Waals surface area contributed by atoms with E-state index in [4.69, 9.17) is 25.6 Å². The highest BCUT2D eigenvalue weighted by atomic mass is 32.2. The Kier molecular flexibility index (Phi) is 8.77. The van der Waals surface area contributed by atoms with Gasteiger partial charge < -0.3 is 21.0 Å². The Morgan fingerprint density at radius 1 is 1.27 bits per heavy atom. The van der Waals surface area contributed by atoms with Gasteiger partial charge in [-0.1, -0.05) is 5.16 Å². The van der Waals surface area contributed by atoms with Crippen molar-refractivity contribution < 1.29 is 32.1 Å². The molecule has 1 saturated heterocycles. The van der Waals surface area contributed by atoms with E-state index in [1.807, 2.05) is 13.8 Å². The highest BCUT2D eigenvalue weighted by Gasteiger charge is 2.51. The van der Waals surface area contributed by atoms with Gasteiger partial charge in [0.1, 0.15) is 18.2 Å². The zero-order valence-corrected chi connectivity index (χ0v) is 21.9. The molecule has 1 aromatic carbocycles. The monoisotopic (exact) mass is 553 g/mol. The Hall–Kier alpha value is -3.63. The van der Waals surface area contributed by atoms with E-state index in [1.54, 1.807) is 24.3 Å². The largest absolute Gasteiger partial charge is 0.490 e. The minimum Gasteiger partial charge on any atom is -0.490 e. The second-order valence-corrected chi connectivity index (χ2v) is 10.4. The molecule has 0 spiro atoms. The standard InChI is InChI=1S/C21H27N7O7S2/c1-11(2)24-18(22)13-4-6-14(7-5-13)34-8-9-35-26-17(19-25-21(23)36-27-19)16(29)10-15-12(3)28(20(15)30)37(31,32)33/h4-7,11-12,15H,8-10H2,1-3H3,(H2,22,24)(H2,23,25,27)(H,31,32,33)/b26-17+/t12-,15-/m0/s1. The van der Waals surface area contributed by atoms with Crippen molar-refractivity contribution in [2.45, 2.75) is 39.3 Å². The minimum atomic E-state index is -4.71. The number of nitrogen functional groups attached to an aromatic ring is 1. The molecule has 3 rings (SSSR count). The number of rotatable bonds is 12. The van der Waals surface area contributed by atoms with E-state index < -0.39 is 34.0 Å². The number of amidine groups is 1. The fraction of sp³-hybridized carbons (Fsp3) is 0.429. The molecule has 16 heteroatoms. The average Bonchev–Trinajstić information content (AvgIpc) is 3.24. The molecule has 0 saturated carbocycles. The number of aromatic nitrogens is 2. The first-order chi connectivity index (χ1) is 17.4. The van der Waals surface area contributed by atoms with Gasteiger partial charge in [-0.15, -0.1) is 0 Å². The molecule has 1 fully saturated rings. The third-order valence-corrected chi connectivity index (χ3v) is 6.76. The number of aliphatic imine (C=N–C) groups is 1. The molecule has 0 radical (unpaired) electrons. The lowest BCUT2D eigenvalue weighted by Crippen LogP contribution is -2.62. The second kappa shape index (κ2) is 11.6. The Morgan fingerprint density at radius 2 is 1.95 bits per heavy atom. The summed E-state index contributed by atoms with van der Waals surface area (Å²) in [6, 6.07) is 6.17. The molecule has 0 unspecified atom stereocenters. The van der Waals surface area contributed by atoms with E-state index in [0.29, 0.717) is 15.9 Å². The van der Waals surface area contributed by atoms with E-state index in [9.17, 15) is 18.0 Å². The van der Waals surface area contributed by atoms with Crippen LogP contribution in [0.15, 0.2) is 34.4 Å². The van der Waals surface area contributed by atoms with Crippen molar-refractivity contribution in [2.24, 2.45) is 21.8 Å². The molecule has 200 valence electrons. The summed E-state index contributed by atoms with van der Waals surface area (Å²) in [4.78, 5) is 38.5. The van der Waals surface area contributed by atoms with Crippen molar-refractivity contribution in [3.8, 4) is 5.75 Å². The number of carbonyl (C=O) groups is 2. The van der Waals surface area contributed by atoms with Crippen LogP contribution in [0.1, 0.15) is 38.6 Å². The SMILES string of the molecule is CC(C)N=C(N)c1ccc(OCCO/N=C(\C(=O)C[C@@H]2C(=O)N(S(=O)(=O)O)[C@H]2C)c2nsc(N)n2)cc1. The Labute approximate surface area is 217 Å². The van der Waals surface area contributed by atoms with E-state index in [2.05, 4.69) is 19.5 Å². The number of Topliss-reactive ketones (excluding diaryl/α,β-unsaturated/α-hetero) is 1. The van der Waals surface area contributed by atoms with Crippen LogP contribution in [-0.4, -0.2) is 75.2 Å². The summed E-state index contributed by atoms with van der Waals surface area (Å²) in [7, 11) is -4.71. The van der Waals surface area contributed by atoms with E-state index in [0.717, 1.165) is 17.1 Å². The van der Waals surface area contributed by atoms with Crippen LogP contribution in [-0.2, 0) is 24.7 Å². The van der Waals surface area contributed by atoms with Gasteiger partial charge in [-0.05, 0) is 45.0 Å². The minimum absolute atomic E-state index is 0.0373. The fourth-order valence-corrected chi connectivity index (χ4v) is 4.82. The number of ether oxygens (including phenoxy) is 1. The van der Waals surface area contributed by atoms with Crippen LogP contribution >= 0.6 is 11.5 Å². The molecule has 2 atom stereocenters. The summed E-state index contributed by atoms with van der Waals surface area (Å²) in [6.07, 6.45) is -0.389. The van der Waals surface area contributed by atoms with Gasteiger partial charge in [0.25, 0.3) is 0 Å². The van der Waals surface area contributed by atoms with Gasteiger partial charge in [-0.2, -0.15) is 17.8 Å². The Bertz CT molecular complexity index is 1310. The lowest BCUT2D eigenvalue weighted by atomic mass is 9.86. The van der Waals surface area contributed by atoms with Gasteiger partial charge in [-0.25, -0.2) is 4.31 Å². The van der Waals surface area contributed by atoms with E-state index >= 15 is 0 Å². The third kappa shape index (κ3) is 6.99. The maximum Gasteiger partial charge on any atom is 0.362 e. The first-order valence-corrected chi connectivity index (χ1v) is 13.3. The maximum absolute atomic E-state index is 12.9. The molecule has 14 nitrogen and oxygen atoms in total. The number of nitrogens with zero attached hydrogens (tertiary/aromatic N) is 5. The first kappa shape index (κ1) is 27.9. The number of carbonyl (C=O) groups excluding carboxylic acids is 2.